The standard InChI is InChI=1S/C14H21N3O2S/c18-20(19)7-4-11(5-8-20)17-13-3-6-15-9-12(13)16-14(17)10-1-2-10/h10-11,15H,1-9H2. The second-order valence-electron chi connectivity index (χ2n) is 6.32. The molecule has 0 aromatic carbocycles. The molecule has 0 radical (unpaired) electrons. The van der Waals surface area contributed by atoms with Crippen molar-refractivity contribution in [1.82, 2.24) is 14.9 Å². The van der Waals surface area contributed by atoms with Crippen LogP contribution in [0.1, 0.15) is 54.9 Å². The fourth-order valence-corrected chi connectivity index (χ4v) is 4.99. The summed E-state index contributed by atoms with van der Waals surface area (Å²) in [6.45, 7) is 1.88. The molecule has 1 aliphatic carbocycles. The summed E-state index contributed by atoms with van der Waals surface area (Å²) < 4.78 is 25.7. The smallest absolute Gasteiger partial charge is 0.150 e. The number of rotatable bonds is 2. The summed E-state index contributed by atoms with van der Waals surface area (Å²) >= 11 is 0. The minimum Gasteiger partial charge on any atom is -0.328 e. The van der Waals surface area contributed by atoms with Gasteiger partial charge in [0.1, 0.15) is 15.7 Å². The molecule has 0 unspecified atom stereocenters. The van der Waals surface area contributed by atoms with E-state index in [-0.39, 0.29) is 0 Å². The molecule has 5 nitrogen and oxygen atoms in total. The Hall–Kier alpha value is -0.880. The summed E-state index contributed by atoms with van der Waals surface area (Å²) in [5.41, 5.74) is 2.57. The van der Waals surface area contributed by atoms with Crippen LogP contribution in [0.25, 0.3) is 0 Å². The molecule has 110 valence electrons. The molecule has 1 aromatic rings. The fraction of sp³-hybridized carbons (Fsp3) is 0.786. The summed E-state index contributed by atoms with van der Waals surface area (Å²) in [7, 11) is -2.79. The van der Waals surface area contributed by atoms with Gasteiger partial charge in [-0.05, 0) is 25.7 Å². The largest absolute Gasteiger partial charge is 0.328 e. The van der Waals surface area contributed by atoms with Gasteiger partial charge >= 0.3 is 0 Å². The summed E-state index contributed by atoms with van der Waals surface area (Å²) in [4.78, 5) is 4.88. The molecule has 20 heavy (non-hydrogen) atoms. The Bertz CT molecular complexity index is 617. The zero-order valence-electron chi connectivity index (χ0n) is 11.6. The summed E-state index contributed by atoms with van der Waals surface area (Å²) in [5, 5.41) is 3.39. The molecule has 4 rings (SSSR count). The van der Waals surface area contributed by atoms with Crippen LogP contribution in [0.3, 0.4) is 0 Å². The number of nitrogens with one attached hydrogen (secondary N) is 1. The van der Waals surface area contributed by atoms with Crippen molar-refractivity contribution >= 4 is 9.84 Å². The van der Waals surface area contributed by atoms with Crippen LogP contribution in [-0.2, 0) is 22.8 Å². The van der Waals surface area contributed by atoms with Gasteiger partial charge in [-0.15, -0.1) is 0 Å². The Morgan fingerprint density at radius 1 is 1.15 bits per heavy atom. The Morgan fingerprint density at radius 2 is 1.90 bits per heavy atom. The van der Waals surface area contributed by atoms with E-state index in [0.29, 0.717) is 23.5 Å². The number of imidazole rings is 1. The van der Waals surface area contributed by atoms with Gasteiger partial charge in [0, 0.05) is 37.2 Å². The van der Waals surface area contributed by atoms with Crippen LogP contribution in [-0.4, -0.2) is 36.0 Å². The van der Waals surface area contributed by atoms with Crippen molar-refractivity contribution in [3.05, 3.63) is 17.2 Å². The van der Waals surface area contributed by atoms with Gasteiger partial charge < -0.3 is 9.88 Å². The predicted octanol–water partition coefficient (Wildman–Crippen LogP) is 1.16. The van der Waals surface area contributed by atoms with Gasteiger partial charge in [0.15, 0.2) is 0 Å². The lowest BCUT2D eigenvalue weighted by molar-refractivity contribution is 0.421. The van der Waals surface area contributed by atoms with E-state index in [1.807, 2.05) is 0 Å². The number of hydrogen-bond acceptors (Lipinski definition) is 4. The molecular formula is C14H21N3O2S. The average molecular weight is 295 g/mol. The number of sulfone groups is 1. The van der Waals surface area contributed by atoms with E-state index >= 15 is 0 Å². The van der Waals surface area contributed by atoms with Crippen LogP contribution in [0.4, 0.5) is 0 Å². The molecular weight excluding hydrogens is 274 g/mol. The van der Waals surface area contributed by atoms with Crippen molar-refractivity contribution < 1.29 is 8.42 Å². The van der Waals surface area contributed by atoms with Crippen LogP contribution < -0.4 is 5.32 Å². The first-order valence-electron chi connectivity index (χ1n) is 7.65. The first-order chi connectivity index (χ1) is 9.64. The minimum atomic E-state index is -2.79. The van der Waals surface area contributed by atoms with Gasteiger partial charge in [-0.25, -0.2) is 13.4 Å². The molecule has 0 atom stereocenters. The van der Waals surface area contributed by atoms with E-state index in [1.165, 1.54) is 30.1 Å². The third-order valence-corrected chi connectivity index (χ3v) is 6.50. The molecule has 2 fully saturated rings. The minimum absolute atomic E-state index is 0.340. The first kappa shape index (κ1) is 12.8. The molecule has 1 saturated heterocycles. The molecule has 1 N–H and O–H groups in total. The van der Waals surface area contributed by atoms with Crippen LogP contribution in [0.5, 0.6) is 0 Å². The highest BCUT2D eigenvalue weighted by molar-refractivity contribution is 7.91. The van der Waals surface area contributed by atoms with Gasteiger partial charge in [-0.1, -0.05) is 0 Å². The topological polar surface area (TPSA) is 64.0 Å². The zero-order chi connectivity index (χ0) is 13.7. The fourth-order valence-electron chi connectivity index (χ4n) is 3.53. The van der Waals surface area contributed by atoms with Gasteiger partial charge in [-0.3, -0.25) is 0 Å². The molecule has 0 amide bonds. The molecule has 0 bridgehead atoms. The van der Waals surface area contributed by atoms with Crippen LogP contribution in [0.2, 0.25) is 0 Å². The van der Waals surface area contributed by atoms with E-state index in [4.69, 9.17) is 4.98 Å². The zero-order valence-corrected chi connectivity index (χ0v) is 12.5. The molecule has 2 aliphatic heterocycles. The van der Waals surface area contributed by atoms with Crippen molar-refractivity contribution in [1.29, 1.82) is 0 Å². The molecule has 6 heteroatoms. The molecule has 0 spiro atoms. The average Bonchev–Trinajstić information content (AvgIpc) is 3.20. The Kier molecular flexibility index (Phi) is 2.93. The lowest BCUT2D eigenvalue weighted by Gasteiger charge is -2.28. The van der Waals surface area contributed by atoms with E-state index in [9.17, 15) is 8.42 Å². The highest BCUT2D eigenvalue weighted by Crippen LogP contribution is 2.43. The van der Waals surface area contributed by atoms with Gasteiger partial charge in [0.05, 0.1) is 17.2 Å². The van der Waals surface area contributed by atoms with Crippen molar-refractivity contribution in [3.8, 4) is 0 Å². The third-order valence-electron chi connectivity index (χ3n) is 4.78. The Balaban J connectivity index is 1.71. The van der Waals surface area contributed by atoms with Crippen LogP contribution in [0.15, 0.2) is 0 Å². The normalized spacial score (nSPS) is 26.4. The number of hydrogen-bond donors (Lipinski definition) is 1. The monoisotopic (exact) mass is 295 g/mol. The SMILES string of the molecule is O=S1(=O)CCC(n2c(C3CC3)nc3c2CCNC3)CC1. The second-order valence-corrected chi connectivity index (χ2v) is 8.62. The maximum atomic E-state index is 11.7. The summed E-state index contributed by atoms with van der Waals surface area (Å²) in [6, 6.07) is 0.350. The molecule has 3 aliphatic rings. The second kappa shape index (κ2) is 4.56. The third kappa shape index (κ3) is 2.19. The van der Waals surface area contributed by atoms with Gasteiger partial charge in [-0.2, -0.15) is 0 Å². The summed E-state index contributed by atoms with van der Waals surface area (Å²) in [5.74, 6) is 2.54. The number of nitrogens with zero attached hydrogens (tertiary/aromatic N) is 2. The summed E-state index contributed by atoms with van der Waals surface area (Å²) in [6.07, 6.45) is 5.04. The van der Waals surface area contributed by atoms with E-state index in [1.54, 1.807) is 0 Å². The van der Waals surface area contributed by atoms with Crippen molar-refractivity contribution in [3.63, 3.8) is 0 Å². The highest BCUT2D eigenvalue weighted by atomic mass is 32.2. The van der Waals surface area contributed by atoms with Crippen LogP contribution >= 0.6 is 0 Å². The van der Waals surface area contributed by atoms with E-state index in [2.05, 4.69) is 9.88 Å². The van der Waals surface area contributed by atoms with E-state index < -0.39 is 9.84 Å². The Morgan fingerprint density at radius 3 is 2.60 bits per heavy atom. The van der Waals surface area contributed by atoms with Crippen molar-refractivity contribution in [2.75, 3.05) is 18.1 Å². The van der Waals surface area contributed by atoms with Gasteiger partial charge in [0.2, 0.25) is 0 Å². The number of fused-ring (bicyclic) bond motifs is 1. The molecule has 1 aromatic heterocycles. The highest BCUT2D eigenvalue weighted by Gasteiger charge is 2.35. The van der Waals surface area contributed by atoms with Gasteiger partial charge in [0.25, 0.3) is 0 Å². The lowest BCUT2D eigenvalue weighted by atomic mass is 10.1. The maximum absolute atomic E-state index is 11.7. The molecule has 1 saturated carbocycles. The first-order valence-corrected chi connectivity index (χ1v) is 9.47. The van der Waals surface area contributed by atoms with Crippen molar-refractivity contribution in [2.45, 2.75) is 50.6 Å². The number of aromatic nitrogens is 2. The van der Waals surface area contributed by atoms with Crippen LogP contribution in [0, 0.1) is 0 Å². The quantitative estimate of drug-likeness (QED) is 0.889. The molecule has 3 heterocycles. The van der Waals surface area contributed by atoms with E-state index in [0.717, 1.165) is 32.4 Å². The Labute approximate surface area is 119 Å². The predicted molar refractivity (Wildman–Crippen MR) is 76.5 cm³/mol. The lowest BCUT2D eigenvalue weighted by Crippen LogP contribution is -2.30. The van der Waals surface area contributed by atoms with Crippen molar-refractivity contribution in [2.24, 2.45) is 0 Å². The maximum Gasteiger partial charge on any atom is 0.150 e.